The van der Waals surface area contributed by atoms with Crippen LogP contribution in [-0.2, 0) is 0 Å². The summed E-state index contributed by atoms with van der Waals surface area (Å²) >= 11 is 0. The van der Waals surface area contributed by atoms with Gasteiger partial charge in [-0.3, -0.25) is 0 Å². The van der Waals surface area contributed by atoms with Gasteiger partial charge in [0.05, 0.1) is 6.10 Å². The highest BCUT2D eigenvalue weighted by Crippen LogP contribution is 2.04. The molecule has 1 heterocycles. The van der Waals surface area contributed by atoms with Crippen LogP contribution in [0.25, 0.3) is 0 Å². The minimum Gasteiger partial charge on any atom is -0.392 e. The molecular weight excluding hydrogens is 152 g/mol. The van der Waals surface area contributed by atoms with Crippen LogP contribution in [0.2, 0.25) is 0 Å². The Morgan fingerprint density at radius 1 is 1.50 bits per heavy atom. The molecule has 0 saturated carbocycles. The third kappa shape index (κ3) is 4.04. The van der Waals surface area contributed by atoms with Crippen molar-refractivity contribution in [3.63, 3.8) is 0 Å². The molecule has 0 aromatic heterocycles. The molecule has 1 rings (SSSR count). The molecular formula is C9H20N2O. The highest BCUT2D eigenvalue weighted by Gasteiger charge is 2.10. The van der Waals surface area contributed by atoms with E-state index in [1.165, 1.54) is 19.3 Å². The van der Waals surface area contributed by atoms with E-state index in [4.69, 9.17) is 5.11 Å². The quantitative estimate of drug-likeness (QED) is 0.565. The Kier molecular flexibility index (Phi) is 4.58. The third-order valence-electron chi connectivity index (χ3n) is 2.28. The summed E-state index contributed by atoms with van der Waals surface area (Å²) < 4.78 is 0. The van der Waals surface area contributed by atoms with Crippen LogP contribution in [-0.4, -0.2) is 36.9 Å². The molecule has 1 aliphatic heterocycles. The summed E-state index contributed by atoms with van der Waals surface area (Å²) in [6.07, 6.45) is 3.45. The van der Waals surface area contributed by atoms with Crippen LogP contribution < -0.4 is 10.6 Å². The minimum atomic E-state index is -0.221. The number of rotatable bonds is 3. The van der Waals surface area contributed by atoms with Crippen LogP contribution in [0.15, 0.2) is 0 Å². The average Bonchev–Trinajstić information content (AvgIpc) is 2.28. The number of hydrogen-bond donors (Lipinski definition) is 3. The fraction of sp³-hybridized carbons (Fsp3) is 1.00. The van der Waals surface area contributed by atoms with Gasteiger partial charge in [-0.25, -0.2) is 0 Å². The molecule has 12 heavy (non-hydrogen) atoms. The highest BCUT2D eigenvalue weighted by atomic mass is 16.3. The van der Waals surface area contributed by atoms with Crippen molar-refractivity contribution in [3.8, 4) is 0 Å². The Labute approximate surface area is 74.5 Å². The first-order chi connectivity index (χ1) is 5.79. The Balaban J connectivity index is 2.12. The molecule has 72 valence electrons. The van der Waals surface area contributed by atoms with Crippen molar-refractivity contribution < 1.29 is 5.11 Å². The normalized spacial score (nSPS) is 28.0. The predicted octanol–water partition coefficient (Wildman–Crippen LogP) is 0.0989. The monoisotopic (exact) mass is 172 g/mol. The molecule has 0 amide bonds. The van der Waals surface area contributed by atoms with Gasteiger partial charge in [0.15, 0.2) is 0 Å². The van der Waals surface area contributed by atoms with Crippen LogP contribution in [0.1, 0.15) is 26.2 Å². The van der Waals surface area contributed by atoms with E-state index >= 15 is 0 Å². The standard InChI is InChI=1S/C9H20N2O/c1-8(12)7-11-9-3-2-5-10-6-4-9/h8-12H,2-7H2,1H3. The summed E-state index contributed by atoms with van der Waals surface area (Å²) in [5, 5.41) is 15.8. The minimum absolute atomic E-state index is 0.221. The summed E-state index contributed by atoms with van der Waals surface area (Å²) in [6.45, 7) is 4.80. The van der Waals surface area contributed by atoms with Crippen LogP contribution in [0.5, 0.6) is 0 Å². The number of hydrogen-bond acceptors (Lipinski definition) is 3. The fourth-order valence-electron chi connectivity index (χ4n) is 1.56. The molecule has 0 aromatic rings. The lowest BCUT2D eigenvalue weighted by atomic mass is 10.1. The van der Waals surface area contributed by atoms with Gasteiger partial charge in [0, 0.05) is 12.6 Å². The van der Waals surface area contributed by atoms with Crippen molar-refractivity contribution in [2.24, 2.45) is 0 Å². The Morgan fingerprint density at radius 3 is 3.08 bits per heavy atom. The van der Waals surface area contributed by atoms with Gasteiger partial charge in [-0.1, -0.05) is 0 Å². The van der Waals surface area contributed by atoms with Gasteiger partial charge in [0.25, 0.3) is 0 Å². The van der Waals surface area contributed by atoms with Crippen molar-refractivity contribution in [3.05, 3.63) is 0 Å². The van der Waals surface area contributed by atoms with Gasteiger partial charge in [-0.05, 0) is 39.3 Å². The summed E-state index contributed by atoms with van der Waals surface area (Å²) in [7, 11) is 0. The van der Waals surface area contributed by atoms with Crippen molar-refractivity contribution in [1.82, 2.24) is 10.6 Å². The van der Waals surface area contributed by atoms with E-state index in [1.54, 1.807) is 0 Å². The molecule has 3 heteroatoms. The molecule has 2 atom stereocenters. The molecule has 0 radical (unpaired) electrons. The smallest absolute Gasteiger partial charge is 0.0636 e. The van der Waals surface area contributed by atoms with Gasteiger partial charge in [0.1, 0.15) is 0 Å². The molecule has 0 aliphatic carbocycles. The maximum atomic E-state index is 9.08. The highest BCUT2D eigenvalue weighted by molar-refractivity contribution is 4.72. The summed E-state index contributed by atoms with van der Waals surface area (Å²) in [5.41, 5.74) is 0. The SMILES string of the molecule is CC(O)CNC1CCCNCC1. The predicted molar refractivity (Wildman–Crippen MR) is 50.2 cm³/mol. The summed E-state index contributed by atoms with van der Waals surface area (Å²) in [5.74, 6) is 0. The second-order valence-corrected chi connectivity index (χ2v) is 3.64. The van der Waals surface area contributed by atoms with Crippen LogP contribution in [0.4, 0.5) is 0 Å². The number of aliphatic hydroxyl groups excluding tert-OH is 1. The zero-order valence-electron chi connectivity index (χ0n) is 7.84. The molecule has 1 aliphatic rings. The van der Waals surface area contributed by atoms with Crippen molar-refractivity contribution in [2.45, 2.75) is 38.3 Å². The van der Waals surface area contributed by atoms with Gasteiger partial charge >= 0.3 is 0 Å². The van der Waals surface area contributed by atoms with Gasteiger partial charge in [-0.2, -0.15) is 0 Å². The Bertz CT molecular complexity index is 109. The fourth-order valence-corrected chi connectivity index (χ4v) is 1.56. The van der Waals surface area contributed by atoms with Gasteiger partial charge < -0.3 is 15.7 Å². The van der Waals surface area contributed by atoms with E-state index in [0.29, 0.717) is 6.04 Å². The van der Waals surface area contributed by atoms with Crippen LogP contribution in [0.3, 0.4) is 0 Å². The van der Waals surface area contributed by atoms with E-state index in [9.17, 15) is 0 Å². The van der Waals surface area contributed by atoms with Gasteiger partial charge in [-0.15, -0.1) is 0 Å². The van der Waals surface area contributed by atoms with Crippen molar-refractivity contribution >= 4 is 0 Å². The molecule has 3 nitrogen and oxygen atoms in total. The van der Waals surface area contributed by atoms with Crippen LogP contribution in [0, 0.1) is 0 Å². The lowest BCUT2D eigenvalue weighted by Crippen LogP contribution is -2.35. The molecule has 0 aromatic carbocycles. The Morgan fingerprint density at radius 2 is 2.33 bits per heavy atom. The van der Waals surface area contributed by atoms with Crippen molar-refractivity contribution in [1.29, 1.82) is 0 Å². The molecule has 0 spiro atoms. The van der Waals surface area contributed by atoms with E-state index in [2.05, 4.69) is 10.6 Å². The zero-order valence-corrected chi connectivity index (χ0v) is 7.84. The average molecular weight is 172 g/mol. The number of nitrogens with one attached hydrogen (secondary N) is 2. The lowest BCUT2D eigenvalue weighted by molar-refractivity contribution is 0.184. The summed E-state index contributed by atoms with van der Waals surface area (Å²) in [6, 6.07) is 0.606. The van der Waals surface area contributed by atoms with E-state index in [1.807, 2.05) is 6.92 Å². The molecule has 2 unspecified atom stereocenters. The van der Waals surface area contributed by atoms with E-state index < -0.39 is 0 Å². The molecule has 1 fully saturated rings. The second-order valence-electron chi connectivity index (χ2n) is 3.64. The van der Waals surface area contributed by atoms with E-state index in [0.717, 1.165) is 19.6 Å². The van der Waals surface area contributed by atoms with E-state index in [-0.39, 0.29) is 6.10 Å². The summed E-state index contributed by atoms with van der Waals surface area (Å²) in [4.78, 5) is 0. The molecule has 0 bridgehead atoms. The zero-order chi connectivity index (χ0) is 8.81. The van der Waals surface area contributed by atoms with Crippen LogP contribution >= 0.6 is 0 Å². The molecule has 3 N–H and O–H groups in total. The third-order valence-corrected chi connectivity index (χ3v) is 2.28. The largest absolute Gasteiger partial charge is 0.392 e. The van der Waals surface area contributed by atoms with Gasteiger partial charge in [0.2, 0.25) is 0 Å². The lowest BCUT2D eigenvalue weighted by Gasteiger charge is -2.16. The first-order valence-electron chi connectivity index (χ1n) is 4.91. The maximum Gasteiger partial charge on any atom is 0.0636 e. The topological polar surface area (TPSA) is 44.3 Å². The number of aliphatic hydroxyl groups is 1. The first kappa shape index (κ1) is 9.96. The second kappa shape index (κ2) is 5.51. The molecule has 1 saturated heterocycles. The maximum absolute atomic E-state index is 9.08. The van der Waals surface area contributed by atoms with Crippen molar-refractivity contribution in [2.75, 3.05) is 19.6 Å². The first-order valence-corrected chi connectivity index (χ1v) is 4.91. The Hall–Kier alpha value is -0.120.